The Hall–Kier alpha value is -2.30. The molecule has 1 aromatic carbocycles. The van der Waals surface area contributed by atoms with E-state index in [1.54, 1.807) is 11.0 Å². The highest BCUT2D eigenvalue weighted by Gasteiger charge is 2.27. The molecule has 1 N–H and O–H groups in total. The van der Waals surface area contributed by atoms with Gasteiger partial charge in [0.15, 0.2) is 0 Å². The van der Waals surface area contributed by atoms with Crippen LogP contribution in [-0.2, 0) is 0 Å². The number of benzene rings is 1. The third-order valence-corrected chi connectivity index (χ3v) is 4.61. The minimum Gasteiger partial charge on any atom is -0.336 e. The Bertz CT molecular complexity index is 608. The van der Waals surface area contributed by atoms with Gasteiger partial charge in [-0.2, -0.15) is 0 Å². The van der Waals surface area contributed by atoms with E-state index in [2.05, 4.69) is 11.9 Å². The van der Waals surface area contributed by atoms with Crippen LogP contribution in [0.1, 0.15) is 36.0 Å². The van der Waals surface area contributed by atoms with Crippen LogP contribution in [-0.4, -0.2) is 42.5 Å². The van der Waals surface area contributed by atoms with E-state index in [-0.39, 0.29) is 11.9 Å². The number of hydrogen-bond donors (Lipinski definition) is 1. The number of carbonyl (C=O) groups is 2. The van der Waals surface area contributed by atoms with Gasteiger partial charge in [0.05, 0.1) is 0 Å². The first-order valence-electron chi connectivity index (χ1n) is 8.28. The van der Waals surface area contributed by atoms with Crippen molar-refractivity contribution in [3.05, 3.63) is 42.5 Å². The van der Waals surface area contributed by atoms with E-state index in [1.165, 1.54) is 12.8 Å². The van der Waals surface area contributed by atoms with E-state index in [4.69, 9.17) is 0 Å². The van der Waals surface area contributed by atoms with E-state index in [0.29, 0.717) is 31.2 Å². The van der Waals surface area contributed by atoms with Gasteiger partial charge in [0, 0.05) is 36.9 Å². The molecular weight excluding hydrogens is 290 g/mol. The summed E-state index contributed by atoms with van der Waals surface area (Å²) in [6.07, 6.45) is 6.27. The smallest absolute Gasteiger partial charge is 0.321 e. The number of carbonyl (C=O) groups excluding carboxylic acids is 2. The minimum absolute atomic E-state index is 0.0262. The van der Waals surface area contributed by atoms with Crippen molar-refractivity contribution < 1.29 is 9.59 Å². The Morgan fingerprint density at radius 2 is 2.17 bits per heavy atom. The van der Waals surface area contributed by atoms with E-state index < -0.39 is 0 Å². The predicted molar refractivity (Wildman–Crippen MR) is 90.7 cm³/mol. The van der Waals surface area contributed by atoms with Crippen LogP contribution in [0.25, 0.3) is 0 Å². The summed E-state index contributed by atoms with van der Waals surface area (Å²) >= 11 is 0. The van der Waals surface area contributed by atoms with Gasteiger partial charge in [-0.3, -0.25) is 9.69 Å². The third kappa shape index (κ3) is 3.23. The number of urea groups is 1. The van der Waals surface area contributed by atoms with Crippen molar-refractivity contribution in [3.63, 3.8) is 0 Å². The van der Waals surface area contributed by atoms with Crippen molar-refractivity contribution in [1.82, 2.24) is 10.2 Å². The van der Waals surface area contributed by atoms with E-state index >= 15 is 0 Å². The van der Waals surface area contributed by atoms with E-state index in [9.17, 15) is 9.59 Å². The van der Waals surface area contributed by atoms with Gasteiger partial charge in [-0.1, -0.05) is 25.0 Å². The zero-order chi connectivity index (χ0) is 16.2. The fourth-order valence-electron chi connectivity index (χ4n) is 3.44. The molecule has 0 unspecified atom stereocenters. The molecule has 5 heteroatoms. The van der Waals surface area contributed by atoms with Crippen molar-refractivity contribution in [2.75, 3.05) is 24.5 Å². The molecular formula is C18H23N3O2. The number of nitrogens with zero attached hydrogens (tertiary/aromatic N) is 2. The normalized spacial score (nSPS) is 18.1. The summed E-state index contributed by atoms with van der Waals surface area (Å²) in [6, 6.07) is 7.56. The Balaban J connectivity index is 1.82. The van der Waals surface area contributed by atoms with Gasteiger partial charge in [-0.25, -0.2) is 4.79 Å². The molecule has 1 heterocycles. The molecule has 0 bridgehead atoms. The maximum atomic E-state index is 12.9. The quantitative estimate of drug-likeness (QED) is 0.850. The van der Waals surface area contributed by atoms with Gasteiger partial charge < -0.3 is 10.2 Å². The van der Waals surface area contributed by atoms with Crippen molar-refractivity contribution in [2.24, 2.45) is 0 Å². The standard InChI is InChI=1S/C18H23N3O2/c1-2-11-20(15-7-3-4-8-15)17(22)14-6-5-9-16(13-14)21-12-10-19-18(21)23/h2,5-6,9,13,15H,1,3-4,7-8,10-12H2,(H,19,23). The average Bonchev–Trinajstić information content (AvgIpc) is 3.23. The molecule has 5 nitrogen and oxygen atoms in total. The van der Waals surface area contributed by atoms with Crippen LogP contribution < -0.4 is 10.2 Å². The van der Waals surface area contributed by atoms with Gasteiger partial charge in [-0.05, 0) is 31.0 Å². The lowest BCUT2D eigenvalue weighted by Crippen LogP contribution is -2.39. The number of nitrogens with one attached hydrogen (secondary N) is 1. The number of hydrogen-bond acceptors (Lipinski definition) is 2. The van der Waals surface area contributed by atoms with Crippen LogP contribution in [0.4, 0.5) is 10.5 Å². The maximum absolute atomic E-state index is 12.9. The molecule has 2 aliphatic rings. The highest BCUT2D eigenvalue weighted by molar-refractivity contribution is 5.98. The Labute approximate surface area is 137 Å². The second-order valence-corrected chi connectivity index (χ2v) is 6.12. The monoisotopic (exact) mass is 313 g/mol. The zero-order valence-corrected chi connectivity index (χ0v) is 13.3. The molecule has 0 atom stereocenters. The summed E-state index contributed by atoms with van der Waals surface area (Å²) in [5, 5.41) is 2.78. The lowest BCUT2D eigenvalue weighted by Gasteiger charge is -2.28. The largest absolute Gasteiger partial charge is 0.336 e. The van der Waals surface area contributed by atoms with Crippen LogP contribution in [0, 0.1) is 0 Å². The summed E-state index contributed by atoms with van der Waals surface area (Å²) in [5.41, 5.74) is 1.41. The fraction of sp³-hybridized carbons (Fsp3) is 0.444. The van der Waals surface area contributed by atoms with Crippen LogP contribution in [0.15, 0.2) is 36.9 Å². The third-order valence-electron chi connectivity index (χ3n) is 4.61. The second-order valence-electron chi connectivity index (χ2n) is 6.12. The molecule has 122 valence electrons. The van der Waals surface area contributed by atoms with Crippen molar-refractivity contribution >= 4 is 17.6 Å². The second kappa shape index (κ2) is 6.86. The molecule has 1 aliphatic carbocycles. The molecule has 0 aromatic heterocycles. The highest BCUT2D eigenvalue weighted by Crippen LogP contribution is 2.26. The van der Waals surface area contributed by atoms with Gasteiger partial charge in [0.25, 0.3) is 5.91 Å². The summed E-state index contributed by atoms with van der Waals surface area (Å²) in [6.45, 7) is 5.63. The predicted octanol–water partition coefficient (Wildman–Crippen LogP) is 2.79. The molecule has 3 amide bonds. The summed E-state index contributed by atoms with van der Waals surface area (Å²) in [4.78, 5) is 28.3. The molecule has 1 aromatic rings. The lowest BCUT2D eigenvalue weighted by atomic mass is 10.1. The minimum atomic E-state index is -0.103. The molecule has 3 rings (SSSR count). The Kier molecular flexibility index (Phi) is 4.65. The highest BCUT2D eigenvalue weighted by atomic mass is 16.2. The first kappa shape index (κ1) is 15.6. The Morgan fingerprint density at radius 3 is 2.83 bits per heavy atom. The van der Waals surface area contributed by atoms with Crippen LogP contribution >= 0.6 is 0 Å². The summed E-state index contributed by atoms with van der Waals surface area (Å²) < 4.78 is 0. The van der Waals surface area contributed by atoms with Gasteiger partial charge in [-0.15, -0.1) is 6.58 Å². The molecule has 23 heavy (non-hydrogen) atoms. The van der Waals surface area contributed by atoms with Crippen molar-refractivity contribution in [2.45, 2.75) is 31.7 Å². The van der Waals surface area contributed by atoms with Gasteiger partial charge in [0.2, 0.25) is 0 Å². The molecule has 2 fully saturated rings. The lowest BCUT2D eigenvalue weighted by molar-refractivity contribution is 0.0706. The average molecular weight is 313 g/mol. The number of anilines is 1. The van der Waals surface area contributed by atoms with Gasteiger partial charge in [0.1, 0.15) is 0 Å². The first-order valence-corrected chi connectivity index (χ1v) is 8.28. The SMILES string of the molecule is C=CCN(C(=O)c1cccc(N2CCNC2=O)c1)C1CCCC1. The van der Waals surface area contributed by atoms with Crippen LogP contribution in [0.2, 0.25) is 0 Å². The zero-order valence-electron chi connectivity index (χ0n) is 13.3. The summed E-state index contributed by atoms with van der Waals surface area (Å²) in [5.74, 6) is 0.0262. The fourth-order valence-corrected chi connectivity index (χ4v) is 3.44. The maximum Gasteiger partial charge on any atom is 0.321 e. The number of amides is 3. The van der Waals surface area contributed by atoms with E-state index in [1.807, 2.05) is 29.2 Å². The molecule has 1 saturated carbocycles. The molecule has 1 saturated heterocycles. The van der Waals surface area contributed by atoms with E-state index in [0.717, 1.165) is 18.5 Å². The number of rotatable bonds is 5. The van der Waals surface area contributed by atoms with Crippen LogP contribution in [0.5, 0.6) is 0 Å². The Morgan fingerprint density at radius 1 is 1.39 bits per heavy atom. The summed E-state index contributed by atoms with van der Waals surface area (Å²) in [7, 11) is 0. The topological polar surface area (TPSA) is 52.7 Å². The van der Waals surface area contributed by atoms with Gasteiger partial charge >= 0.3 is 6.03 Å². The molecule has 0 radical (unpaired) electrons. The first-order chi connectivity index (χ1) is 11.2. The van der Waals surface area contributed by atoms with Crippen molar-refractivity contribution in [3.8, 4) is 0 Å². The van der Waals surface area contributed by atoms with Crippen molar-refractivity contribution in [1.29, 1.82) is 0 Å². The van der Waals surface area contributed by atoms with Crippen LogP contribution in [0.3, 0.4) is 0 Å². The molecule has 0 spiro atoms. The molecule has 1 aliphatic heterocycles.